The molecule has 78 valence electrons. The van der Waals surface area contributed by atoms with Crippen molar-refractivity contribution in [1.82, 2.24) is 19.7 Å². The van der Waals surface area contributed by atoms with Gasteiger partial charge >= 0.3 is 5.97 Å². The molecule has 6 nitrogen and oxygen atoms in total. The Balaban J connectivity index is 2.50. The molecule has 2 aromatic heterocycles. The van der Waals surface area contributed by atoms with Crippen LogP contribution in [0.3, 0.4) is 0 Å². The van der Waals surface area contributed by atoms with E-state index >= 15 is 0 Å². The number of H-pyrrole nitrogens is 1. The molecule has 0 bridgehead atoms. The van der Waals surface area contributed by atoms with Crippen LogP contribution in [0.2, 0.25) is 5.15 Å². The summed E-state index contributed by atoms with van der Waals surface area (Å²) in [4.78, 5) is 14.5. The average molecular weight is 227 g/mol. The topological polar surface area (TPSA) is 83.8 Å². The zero-order valence-electron chi connectivity index (χ0n) is 7.73. The summed E-state index contributed by atoms with van der Waals surface area (Å²) in [5.74, 6) is -1.06. The number of rotatable bonds is 2. The van der Waals surface area contributed by atoms with Gasteiger partial charge in [0.15, 0.2) is 5.15 Å². The van der Waals surface area contributed by atoms with Crippen molar-refractivity contribution < 1.29 is 9.90 Å². The smallest absolute Gasteiger partial charge is 0.353 e. The number of carboxylic acid groups (broad SMARTS) is 1. The van der Waals surface area contributed by atoms with E-state index in [9.17, 15) is 4.79 Å². The van der Waals surface area contributed by atoms with Crippen LogP contribution in [0.1, 0.15) is 10.5 Å². The van der Waals surface area contributed by atoms with Crippen molar-refractivity contribution in [3.63, 3.8) is 0 Å². The zero-order valence-corrected chi connectivity index (χ0v) is 8.49. The van der Waals surface area contributed by atoms with Crippen molar-refractivity contribution in [2.45, 2.75) is 0 Å². The van der Waals surface area contributed by atoms with E-state index in [-0.39, 0.29) is 5.69 Å². The fourth-order valence-corrected chi connectivity index (χ4v) is 1.51. The molecule has 2 aromatic rings. The number of hydrogen-bond acceptors (Lipinski definition) is 3. The zero-order chi connectivity index (χ0) is 11.0. The van der Waals surface area contributed by atoms with Crippen molar-refractivity contribution in [3.8, 4) is 11.4 Å². The van der Waals surface area contributed by atoms with Gasteiger partial charge in [0.1, 0.15) is 17.1 Å². The third-order valence-corrected chi connectivity index (χ3v) is 2.22. The second kappa shape index (κ2) is 3.39. The maximum atomic E-state index is 10.6. The largest absolute Gasteiger partial charge is 0.477 e. The van der Waals surface area contributed by atoms with Gasteiger partial charge in [-0.3, -0.25) is 5.10 Å². The highest BCUT2D eigenvalue weighted by Crippen LogP contribution is 2.24. The van der Waals surface area contributed by atoms with Crippen LogP contribution in [0.5, 0.6) is 0 Å². The van der Waals surface area contributed by atoms with Gasteiger partial charge < -0.3 is 9.67 Å². The SMILES string of the molecule is Cn1cnc(Cl)c1-c1cc(C(=O)O)[nH]n1. The summed E-state index contributed by atoms with van der Waals surface area (Å²) in [7, 11) is 1.75. The molecular weight excluding hydrogens is 220 g/mol. The lowest BCUT2D eigenvalue weighted by Crippen LogP contribution is -1.95. The van der Waals surface area contributed by atoms with Gasteiger partial charge in [-0.15, -0.1) is 0 Å². The Morgan fingerprint density at radius 2 is 2.40 bits per heavy atom. The van der Waals surface area contributed by atoms with Crippen LogP contribution in [0.4, 0.5) is 0 Å². The fraction of sp³-hybridized carbons (Fsp3) is 0.125. The molecule has 15 heavy (non-hydrogen) atoms. The summed E-state index contributed by atoms with van der Waals surface area (Å²) in [6.07, 6.45) is 1.53. The van der Waals surface area contributed by atoms with Crippen LogP contribution in [0.25, 0.3) is 11.4 Å². The number of aromatic carboxylic acids is 1. The number of aromatic amines is 1. The van der Waals surface area contributed by atoms with Crippen LogP contribution < -0.4 is 0 Å². The van der Waals surface area contributed by atoms with Crippen molar-refractivity contribution in [3.05, 3.63) is 23.2 Å². The van der Waals surface area contributed by atoms with Gasteiger partial charge in [0, 0.05) is 13.1 Å². The summed E-state index contributed by atoms with van der Waals surface area (Å²) in [6.45, 7) is 0. The third kappa shape index (κ3) is 1.59. The Bertz CT molecular complexity index is 497. The molecule has 0 aliphatic rings. The number of hydrogen-bond donors (Lipinski definition) is 2. The van der Waals surface area contributed by atoms with Gasteiger partial charge in [0.05, 0.1) is 6.33 Å². The Morgan fingerprint density at radius 1 is 1.67 bits per heavy atom. The minimum Gasteiger partial charge on any atom is -0.477 e. The van der Waals surface area contributed by atoms with E-state index in [0.717, 1.165) is 0 Å². The van der Waals surface area contributed by atoms with Crippen molar-refractivity contribution in [2.75, 3.05) is 0 Å². The lowest BCUT2D eigenvalue weighted by Gasteiger charge is -1.96. The Morgan fingerprint density at radius 3 is 2.87 bits per heavy atom. The first kappa shape index (κ1) is 9.72. The van der Waals surface area contributed by atoms with Gasteiger partial charge in [0.2, 0.25) is 0 Å². The monoisotopic (exact) mass is 226 g/mol. The first-order valence-electron chi connectivity index (χ1n) is 4.05. The molecule has 0 saturated carbocycles. The van der Waals surface area contributed by atoms with Crippen LogP contribution in [-0.4, -0.2) is 30.8 Å². The van der Waals surface area contributed by atoms with E-state index in [4.69, 9.17) is 16.7 Å². The van der Waals surface area contributed by atoms with E-state index in [1.54, 1.807) is 11.6 Å². The molecular formula is C8H7ClN4O2. The number of carbonyl (C=O) groups is 1. The van der Waals surface area contributed by atoms with Crippen LogP contribution in [0.15, 0.2) is 12.4 Å². The van der Waals surface area contributed by atoms with Crippen molar-refractivity contribution >= 4 is 17.6 Å². The molecule has 0 atom stereocenters. The normalized spacial score (nSPS) is 10.5. The molecule has 0 aromatic carbocycles. The first-order chi connectivity index (χ1) is 7.09. The number of aromatic nitrogens is 4. The molecule has 0 saturated heterocycles. The standard InChI is InChI=1S/C8H7ClN4O2/c1-13-3-10-7(9)6(13)4-2-5(8(14)15)12-11-4/h2-3H,1H3,(H,11,12)(H,14,15). The molecule has 0 unspecified atom stereocenters. The predicted molar refractivity (Wildman–Crippen MR) is 52.8 cm³/mol. The number of aryl methyl sites for hydroxylation is 1. The molecule has 0 spiro atoms. The van der Waals surface area contributed by atoms with Gasteiger partial charge in [-0.05, 0) is 0 Å². The van der Waals surface area contributed by atoms with E-state index < -0.39 is 5.97 Å². The number of nitrogens with zero attached hydrogens (tertiary/aromatic N) is 3. The molecule has 2 rings (SSSR count). The molecule has 2 N–H and O–H groups in total. The van der Waals surface area contributed by atoms with Gasteiger partial charge in [0.25, 0.3) is 0 Å². The minimum absolute atomic E-state index is 0.0160. The second-order valence-corrected chi connectivity index (χ2v) is 3.32. The molecule has 0 aliphatic carbocycles. The maximum Gasteiger partial charge on any atom is 0.353 e. The van der Waals surface area contributed by atoms with Gasteiger partial charge in [-0.25, -0.2) is 9.78 Å². The lowest BCUT2D eigenvalue weighted by molar-refractivity contribution is 0.0690. The number of imidazole rings is 1. The quantitative estimate of drug-likeness (QED) is 0.805. The average Bonchev–Trinajstić information content (AvgIpc) is 2.73. The summed E-state index contributed by atoms with van der Waals surface area (Å²) in [5.41, 5.74) is 1.06. The predicted octanol–water partition coefficient (Wildman–Crippen LogP) is 1.16. The molecule has 7 heteroatoms. The van der Waals surface area contributed by atoms with Crippen LogP contribution in [-0.2, 0) is 7.05 Å². The maximum absolute atomic E-state index is 10.6. The van der Waals surface area contributed by atoms with Crippen molar-refractivity contribution in [1.29, 1.82) is 0 Å². The number of nitrogens with one attached hydrogen (secondary N) is 1. The molecule has 0 radical (unpaired) electrons. The molecule has 0 aliphatic heterocycles. The first-order valence-corrected chi connectivity index (χ1v) is 4.43. The van der Waals surface area contributed by atoms with Crippen LogP contribution in [0, 0.1) is 0 Å². The summed E-state index contributed by atoms with van der Waals surface area (Å²) >= 11 is 5.84. The lowest BCUT2D eigenvalue weighted by atomic mass is 10.3. The summed E-state index contributed by atoms with van der Waals surface area (Å²) in [5, 5.41) is 15.2. The van der Waals surface area contributed by atoms with Crippen LogP contribution >= 0.6 is 11.6 Å². The summed E-state index contributed by atoms with van der Waals surface area (Å²) in [6, 6.07) is 1.41. The second-order valence-electron chi connectivity index (χ2n) is 2.97. The van der Waals surface area contributed by atoms with E-state index in [1.165, 1.54) is 12.4 Å². The van der Waals surface area contributed by atoms with Gasteiger partial charge in [-0.1, -0.05) is 11.6 Å². The fourth-order valence-electron chi connectivity index (χ4n) is 1.24. The number of halogens is 1. The van der Waals surface area contributed by atoms with E-state index in [0.29, 0.717) is 16.5 Å². The highest BCUT2D eigenvalue weighted by Gasteiger charge is 2.15. The Hall–Kier alpha value is -1.82. The minimum atomic E-state index is -1.06. The van der Waals surface area contributed by atoms with Crippen molar-refractivity contribution in [2.24, 2.45) is 7.05 Å². The summed E-state index contributed by atoms with van der Waals surface area (Å²) < 4.78 is 1.67. The van der Waals surface area contributed by atoms with E-state index in [2.05, 4.69) is 15.2 Å². The molecule has 0 fully saturated rings. The molecule has 0 amide bonds. The van der Waals surface area contributed by atoms with Gasteiger partial charge in [-0.2, -0.15) is 5.10 Å². The molecule has 2 heterocycles. The third-order valence-electron chi connectivity index (χ3n) is 1.94. The highest BCUT2D eigenvalue weighted by atomic mass is 35.5. The Kier molecular flexibility index (Phi) is 2.20. The number of carboxylic acids is 1. The highest BCUT2D eigenvalue weighted by molar-refractivity contribution is 6.31. The van der Waals surface area contributed by atoms with E-state index in [1.807, 2.05) is 0 Å². The Labute approximate surface area is 89.5 Å².